The van der Waals surface area contributed by atoms with E-state index in [-0.39, 0.29) is 5.91 Å². The minimum Gasteiger partial charge on any atom is -0.379 e. The second-order valence-corrected chi connectivity index (χ2v) is 6.93. The first-order valence-corrected chi connectivity index (χ1v) is 9.37. The van der Waals surface area contributed by atoms with Crippen molar-refractivity contribution in [3.8, 4) is 0 Å². The summed E-state index contributed by atoms with van der Waals surface area (Å²) in [6, 6.07) is 9.56. The maximum absolute atomic E-state index is 12.3. The molecule has 1 aliphatic rings. The van der Waals surface area contributed by atoms with Gasteiger partial charge in [-0.25, -0.2) is 4.68 Å². The fraction of sp³-hybridized carbons (Fsp3) is 0.474. The Labute approximate surface area is 159 Å². The first-order valence-electron chi connectivity index (χ1n) is 8.99. The number of nitrogens with one attached hydrogen (secondary N) is 1. The number of hydrogen-bond acceptors (Lipinski definition) is 4. The molecule has 0 atom stereocenters. The van der Waals surface area contributed by atoms with Gasteiger partial charge in [0.15, 0.2) is 0 Å². The molecule has 0 spiro atoms. The number of ether oxygens (including phenoxy) is 1. The van der Waals surface area contributed by atoms with E-state index in [2.05, 4.69) is 15.3 Å². The van der Waals surface area contributed by atoms with Gasteiger partial charge in [0.2, 0.25) is 5.91 Å². The molecule has 1 aromatic carbocycles. The zero-order valence-electron chi connectivity index (χ0n) is 15.1. The van der Waals surface area contributed by atoms with Gasteiger partial charge < -0.3 is 10.1 Å². The molecule has 1 fully saturated rings. The van der Waals surface area contributed by atoms with Crippen LogP contribution < -0.4 is 5.32 Å². The number of carbonyl (C=O) groups is 1. The van der Waals surface area contributed by atoms with Crippen LogP contribution in [0.5, 0.6) is 0 Å². The molecule has 1 aromatic heterocycles. The van der Waals surface area contributed by atoms with E-state index in [1.54, 1.807) is 4.68 Å². The van der Waals surface area contributed by atoms with Gasteiger partial charge in [-0.05, 0) is 31.5 Å². The molecule has 26 heavy (non-hydrogen) atoms. The van der Waals surface area contributed by atoms with Crippen LogP contribution in [0.3, 0.4) is 0 Å². The minimum absolute atomic E-state index is 0.0126. The number of benzene rings is 1. The molecule has 1 amide bonds. The molecule has 0 radical (unpaired) electrons. The van der Waals surface area contributed by atoms with Crippen LogP contribution in [-0.4, -0.2) is 53.4 Å². The van der Waals surface area contributed by atoms with Crippen molar-refractivity contribution >= 4 is 23.3 Å². The van der Waals surface area contributed by atoms with Crippen LogP contribution in [-0.2, 0) is 16.1 Å². The maximum atomic E-state index is 12.3. The average Bonchev–Trinajstić information content (AvgIpc) is 2.97. The number of nitrogens with zero attached hydrogens (tertiary/aromatic N) is 3. The molecule has 0 saturated carbocycles. The number of hydrogen-bond donors (Lipinski definition) is 1. The largest absolute Gasteiger partial charge is 0.379 e. The Bertz CT molecular complexity index is 741. The predicted octanol–water partition coefficient (Wildman–Crippen LogP) is 2.94. The van der Waals surface area contributed by atoms with Crippen LogP contribution in [0.1, 0.15) is 24.1 Å². The normalized spacial score (nSPS) is 15.2. The highest BCUT2D eigenvalue weighted by Crippen LogP contribution is 2.19. The Morgan fingerprint density at radius 1 is 1.31 bits per heavy atom. The molecule has 1 N–H and O–H groups in total. The van der Waals surface area contributed by atoms with Gasteiger partial charge in [-0.3, -0.25) is 9.69 Å². The van der Waals surface area contributed by atoms with Crippen LogP contribution in [0, 0.1) is 6.92 Å². The fourth-order valence-corrected chi connectivity index (χ4v) is 3.24. The van der Waals surface area contributed by atoms with Gasteiger partial charge in [-0.2, -0.15) is 5.10 Å². The summed E-state index contributed by atoms with van der Waals surface area (Å²) in [5.74, 6) is 0.720. The van der Waals surface area contributed by atoms with Gasteiger partial charge in [0, 0.05) is 30.6 Å². The van der Waals surface area contributed by atoms with Crippen molar-refractivity contribution < 1.29 is 9.53 Å². The molecule has 6 nitrogen and oxygen atoms in total. The van der Waals surface area contributed by atoms with E-state index in [1.807, 2.05) is 37.3 Å². The predicted molar refractivity (Wildman–Crippen MR) is 103 cm³/mol. The molecule has 2 heterocycles. The van der Waals surface area contributed by atoms with E-state index < -0.39 is 0 Å². The van der Waals surface area contributed by atoms with E-state index in [9.17, 15) is 4.79 Å². The van der Waals surface area contributed by atoms with Gasteiger partial charge >= 0.3 is 0 Å². The Morgan fingerprint density at radius 3 is 2.85 bits per heavy atom. The number of morpholine rings is 1. The van der Waals surface area contributed by atoms with Crippen LogP contribution in [0.15, 0.2) is 30.3 Å². The van der Waals surface area contributed by atoms with Gasteiger partial charge in [0.05, 0.1) is 25.5 Å². The van der Waals surface area contributed by atoms with Crippen LogP contribution in [0.4, 0.5) is 5.82 Å². The molecular formula is C19H25ClN4O2. The van der Waals surface area contributed by atoms with E-state index in [4.69, 9.17) is 16.3 Å². The van der Waals surface area contributed by atoms with E-state index in [1.165, 1.54) is 0 Å². The average molecular weight is 377 g/mol. The lowest BCUT2D eigenvalue weighted by molar-refractivity contribution is -0.116. The number of rotatable bonds is 7. The topological polar surface area (TPSA) is 59.4 Å². The first-order chi connectivity index (χ1) is 12.6. The zero-order valence-corrected chi connectivity index (χ0v) is 15.8. The monoisotopic (exact) mass is 376 g/mol. The van der Waals surface area contributed by atoms with Crippen molar-refractivity contribution in [2.45, 2.75) is 26.3 Å². The molecule has 140 valence electrons. The van der Waals surface area contributed by atoms with E-state index in [0.717, 1.165) is 50.5 Å². The third kappa shape index (κ3) is 5.30. The van der Waals surface area contributed by atoms with Gasteiger partial charge in [0.25, 0.3) is 0 Å². The third-order valence-corrected chi connectivity index (χ3v) is 4.80. The van der Waals surface area contributed by atoms with Crippen molar-refractivity contribution in [2.75, 3.05) is 38.2 Å². The van der Waals surface area contributed by atoms with Crippen LogP contribution in [0.25, 0.3) is 0 Å². The molecule has 1 saturated heterocycles. The van der Waals surface area contributed by atoms with Crippen molar-refractivity contribution in [3.63, 3.8) is 0 Å². The molecule has 7 heteroatoms. The van der Waals surface area contributed by atoms with E-state index >= 15 is 0 Å². The summed E-state index contributed by atoms with van der Waals surface area (Å²) in [4.78, 5) is 14.6. The number of aromatic nitrogens is 2. The molecule has 2 aromatic rings. The lowest BCUT2D eigenvalue weighted by Crippen LogP contribution is -2.37. The standard InChI is InChI=1S/C19H25ClN4O2/c1-15-13-18(24(22-15)14-16-5-2-3-6-17(16)20)21-19(25)7-4-8-23-9-11-26-12-10-23/h2-3,5-6,13H,4,7-12,14H2,1H3,(H,21,25). The van der Waals surface area contributed by atoms with Gasteiger partial charge in [-0.1, -0.05) is 29.8 Å². The number of anilines is 1. The Balaban J connectivity index is 1.54. The quantitative estimate of drug-likeness (QED) is 0.807. The van der Waals surface area contributed by atoms with Crippen molar-refractivity contribution in [1.29, 1.82) is 0 Å². The molecule has 0 aliphatic carbocycles. The highest BCUT2D eigenvalue weighted by atomic mass is 35.5. The highest BCUT2D eigenvalue weighted by Gasteiger charge is 2.13. The fourth-order valence-electron chi connectivity index (χ4n) is 3.05. The highest BCUT2D eigenvalue weighted by molar-refractivity contribution is 6.31. The lowest BCUT2D eigenvalue weighted by Gasteiger charge is -2.26. The summed E-state index contributed by atoms with van der Waals surface area (Å²) in [5, 5.41) is 8.16. The molecular weight excluding hydrogens is 352 g/mol. The SMILES string of the molecule is Cc1cc(NC(=O)CCCN2CCOCC2)n(Cc2ccccc2Cl)n1. The summed E-state index contributed by atoms with van der Waals surface area (Å²) in [7, 11) is 0. The van der Waals surface area contributed by atoms with E-state index in [0.29, 0.717) is 23.8 Å². The molecule has 0 bridgehead atoms. The summed E-state index contributed by atoms with van der Waals surface area (Å²) in [6.07, 6.45) is 1.33. The van der Waals surface area contributed by atoms with Crippen LogP contribution in [0.2, 0.25) is 5.02 Å². The van der Waals surface area contributed by atoms with Gasteiger partial charge in [0.1, 0.15) is 5.82 Å². The summed E-state index contributed by atoms with van der Waals surface area (Å²) >= 11 is 6.24. The van der Waals surface area contributed by atoms with Gasteiger partial charge in [-0.15, -0.1) is 0 Å². The number of halogens is 1. The smallest absolute Gasteiger partial charge is 0.225 e. The molecule has 3 rings (SSSR count). The Hall–Kier alpha value is -1.89. The summed E-state index contributed by atoms with van der Waals surface area (Å²) < 4.78 is 7.13. The summed E-state index contributed by atoms with van der Waals surface area (Å²) in [5.41, 5.74) is 1.83. The third-order valence-electron chi connectivity index (χ3n) is 4.43. The lowest BCUT2D eigenvalue weighted by atomic mass is 10.2. The maximum Gasteiger partial charge on any atom is 0.225 e. The Kier molecular flexibility index (Phi) is 6.66. The second kappa shape index (κ2) is 9.16. The van der Waals surface area contributed by atoms with Crippen LogP contribution >= 0.6 is 11.6 Å². The first kappa shape index (κ1) is 18.9. The minimum atomic E-state index is 0.0126. The second-order valence-electron chi connectivity index (χ2n) is 6.53. The van der Waals surface area contributed by atoms with Crippen molar-refractivity contribution in [2.24, 2.45) is 0 Å². The summed E-state index contributed by atoms with van der Waals surface area (Å²) in [6.45, 7) is 6.83. The van der Waals surface area contributed by atoms with Crippen molar-refractivity contribution in [1.82, 2.24) is 14.7 Å². The molecule has 1 aliphatic heterocycles. The molecule has 0 unspecified atom stereocenters. The number of amides is 1. The Morgan fingerprint density at radius 2 is 2.08 bits per heavy atom. The number of aryl methyl sites for hydroxylation is 1. The zero-order chi connectivity index (χ0) is 18.4. The van der Waals surface area contributed by atoms with Crippen molar-refractivity contribution in [3.05, 3.63) is 46.6 Å². The number of carbonyl (C=O) groups excluding carboxylic acids is 1.